The molecule has 1 saturated heterocycles. The molecular weight excluding hydrogens is 268 g/mol. The smallest absolute Gasteiger partial charge is 0.303 e. The van der Waals surface area contributed by atoms with Crippen LogP contribution < -0.4 is 0 Å². The predicted molar refractivity (Wildman–Crippen MR) is 80.0 cm³/mol. The van der Waals surface area contributed by atoms with Gasteiger partial charge in [-0.2, -0.15) is 15.4 Å². The number of aromatic nitrogens is 3. The zero-order chi connectivity index (χ0) is 15.2. The Morgan fingerprint density at radius 1 is 1.57 bits per heavy atom. The average Bonchev–Trinajstić information content (AvgIpc) is 3.07. The molecule has 1 aromatic heterocycles. The number of nitrogens with zero attached hydrogens (tertiary/aromatic N) is 3. The van der Waals surface area contributed by atoms with Crippen LogP contribution in [-0.2, 0) is 4.79 Å². The molecular formula is C15H24N4O2. The maximum atomic E-state index is 11.0. The van der Waals surface area contributed by atoms with Gasteiger partial charge in [-0.1, -0.05) is 18.6 Å². The fraction of sp³-hybridized carbons (Fsp3) is 0.667. The summed E-state index contributed by atoms with van der Waals surface area (Å²) in [5, 5.41) is 19.7. The Morgan fingerprint density at radius 2 is 2.38 bits per heavy atom. The van der Waals surface area contributed by atoms with Crippen LogP contribution in [0.2, 0.25) is 0 Å². The molecule has 2 heterocycles. The van der Waals surface area contributed by atoms with E-state index >= 15 is 0 Å². The minimum Gasteiger partial charge on any atom is -0.481 e. The number of likely N-dealkylation sites (tertiary alicyclic amines) is 1. The summed E-state index contributed by atoms with van der Waals surface area (Å²) in [4.78, 5) is 13.4. The summed E-state index contributed by atoms with van der Waals surface area (Å²) in [6, 6.07) is 0. The van der Waals surface area contributed by atoms with Gasteiger partial charge in [0.15, 0.2) is 0 Å². The summed E-state index contributed by atoms with van der Waals surface area (Å²) < 4.78 is 0. The number of aliphatic carboxylic acids is 1. The van der Waals surface area contributed by atoms with Crippen LogP contribution in [0.5, 0.6) is 0 Å². The molecule has 116 valence electrons. The molecule has 2 atom stereocenters. The molecule has 2 N–H and O–H groups in total. The summed E-state index contributed by atoms with van der Waals surface area (Å²) >= 11 is 0. The summed E-state index contributed by atoms with van der Waals surface area (Å²) in [7, 11) is 0. The number of H-pyrrole nitrogens is 1. The van der Waals surface area contributed by atoms with Gasteiger partial charge in [-0.25, -0.2) is 0 Å². The number of aromatic amines is 1. The van der Waals surface area contributed by atoms with Crippen molar-refractivity contribution >= 4 is 5.97 Å². The van der Waals surface area contributed by atoms with Crippen LogP contribution in [0.1, 0.15) is 44.7 Å². The molecule has 1 aliphatic heterocycles. The van der Waals surface area contributed by atoms with Gasteiger partial charge in [0.2, 0.25) is 0 Å². The van der Waals surface area contributed by atoms with E-state index in [0.717, 1.165) is 38.2 Å². The van der Waals surface area contributed by atoms with E-state index in [1.807, 2.05) is 0 Å². The SMILES string of the molecule is CC/C(C)=C/CCN1C[C@@H](CC(=O)O)[C@@H](c2cn[nH]n2)C1. The number of hydrogen-bond donors (Lipinski definition) is 2. The molecule has 1 aromatic rings. The molecule has 6 nitrogen and oxygen atoms in total. The van der Waals surface area contributed by atoms with Crippen molar-refractivity contribution in [2.45, 2.75) is 39.0 Å². The van der Waals surface area contributed by atoms with Gasteiger partial charge in [0.05, 0.1) is 18.3 Å². The highest BCUT2D eigenvalue weighted by Crippen LogP contribution is 2.33. The Balaban J connectivity index is 1.95. The van der Waals surface area contributed by atoms with Crippen molar-refractivity contribution < 1.29 is 9.90 Å². The fourth-order valence-electron chi connectivity index (χ4n) is 2.94. The van der Waals surface area contributed by atoms with Crippen molar-refractivity contribution in [1.82, 2.24) is 20.3 Å². The van der Waals surface area contributed by atoms with Crippen molar-refractivity contribution in [3.8, 4) is 0 Å². The second kappa shape index (κ2) is 7.36. The van der Waals surface area contributed by atoms with E-state index in [-0.39, 0.29) is 18.3 Å². The Bertz CT molecular complexity index is 484. The second-order valence-electron chi connectivity index (χ2n) is 5.81. The van der Waals surface area contributed by atoms with Crippen LogP contribution in [0.4, 0.5) is 0 Å². The van der Waals surface area contributed by atoms with Crippen molar-refractivity contribution in [1.29, 1.82) is 0 Å². The van der Waals surface area contributed by atoms with Crippen LogP contribution in [0, 0.1) is 5.92 Å². The summed E-state index contributed by atoms with van der Waals surface area (Å²) in [6.07, 6.45) is 6.28. The Morgan fingerprint density at radius 3 is 3.00 bits per heavy atom. The van der Waals surface area contributed by atoms with Gasteiger partial charge in [0.1, 0.15) is 0 Å². The third-order valence-electron chi connectivity index (χ3n) is 4.26. The van der Waals surface area contributed by atoms with E-state index in [9.17, 15) is 4.79 Å². The van der Waals surface area contributed by atoms with Crippen molar-refractivity contribution in [3.63, 3.8) is 0 Å². The molecule has 0 saturated carbocycles. The zero-order valence-corrected chi connectivity index (χ0v) is 12.7. The van der Waals surface area contributed by atoms with Gasteiger partial charge in [-0.3, -0.25) is 4.79 Å². The molecule has 2 rings (SSSR count). The van der Waals surface area contributed by atoms with Crippen LogP contribution >= 0.6 is 0 Å². The standard InChI is InChI=1S/C15H24N4O2/c1-3-11(2)5-4-6-19-9-12(7-15(20)21)13(10-19)14-8-16-18-17-14/h5,8,12-13H,3-4,6-7,9-10H2,1-2H3,(H,20,21)(H,16,17,18)/b11-5+/t12-,13+/m1/s1. The Labute approximate surface area is 125 Å². The number of carboxylic acids is 1. The minimum atomic E-state index is -0.739. The number of rotatable bonds is 7. The van der Waals surface area contributed by atoms with Crippen LogP contribution in [-0.4, -0.2) is 51.0 Å². The monoisotopic (exact) mass is 292 g/mol. The van der Waals surface area contributed by atoms with Crippen LogP contribution in [0.15, 0.2) is 17.8 Å². The first-order valence-electron chi connectivity index (χ1n) is 7.55. The lowest BCUT2D eigenvalue weighted by Gasteiger charge is -2.14. The molecule has 1 fully saturated rings. The number of carbonyl (C=O) groups is 1. The van der Waals surface area contributed by atoms with Gasteiger partial charge in [0.25, 0.3) is 0 Å². The molecule has 0 spiro atoms. The van der Waals surface area contributed by atoms with E-state index < -0.39 is 5.97 Å². The van der Waals surface area contributed by atoms with E-state index in [1.165, 1.54) is 5.57 Å². The van der Waals surface area contributed by atoms with Gasteiger partial charge < -0.3 is 10.0 Å². The highest BCUT2D eigenvalue weighted by molar-refractivity contribution is 5.67. The van der Waals surface area contributed by atoms with Crippen LogP contribution in [0.3, 0.4) is 0 Å². The van der Waals surface area contributed by atoms with Gasteiger partial charge in [-0.15, -0.1) is 0 Å². The predicted octanol–water partition coefficient (Wildman–Crippen LogP) is 2.04. The van der Waals surface area contributed by atoms with Gasteiger partial charge in [-0.05, 0) is 25.7 Å². The van der Waals surface area contributed by atoms with Gasteiger partial charge in [0, 0.05) is 25.6 Å². The summed E-state index contributed by atoms with van der Waals surface area (Å²) in [5.41, 5.74) is 2.29. The first-order chi connectivity index (χ1) is 10.1. The number of nitrogens with one attached hydrogen (secondary N) is 1. The molecule has 0 unspecified atom stereocenters. The fourth-order valence-corrected chi connectivity index (χ4v) is 2.94. The zero-order valence-electron chi connectivity index (χ0n) is 12.7. The minimum absolute atomic E-state index is 0.115. The first-order valence-corrected chi connectivity index (χ1v) is 7.55. The number of allylic oxidation sites excluding steroid dienone is 1. The number of hydrogen-bond acceptors (Lipinski definition) is 4. The lowest BCUT2D eigenvalue weighted by molar-refractivity contribution is -0.138. The summed E-state index contributed by atoms with van der Waals surface area (Å²) in [5.74, 6) is -0.461. The third kappa shape index (κ3) is 4.39. The van der Waals surface area contributed by atoms with E-state index in [4.69, 9.17) is 5.11 Å². The molecule has 0 amide bonds. The van der Waals surface area contributed by atoms with E-state index in [0.29, 0.717) is 0 Å². The molecule has 21 heavy (non-hydrogen) atoms. The molecule has 0 aliphatic carbocycles. The molecule has 0 bridgehead atoms. The lowest BCUT2D eigenvalue weighted by atomic mass is 9.91. The topological polar surface area (TPSA) is 82.1 Å². The largest absolute Gasteiger partial charge is 0.481 e. The second-order valence-corrected chi connectivity index (χ2v) is 5.81. The van der Waals surface area contributed by atoms with E-state index in [2.05, 4.69) is 40.2 Å². The molecule has 0 radical (unpaired) electrons. The maximum absolute atomic E-state index is 11.0. The van der Waals surface area contributed by atoms with Crippen molar-refractivity contribution in [3.05, 3.63) is 23.5 Å². The lowest BCUT2D eigenvalue weighted by Crippen LogP contribution is -2.22. The third-order valence-corrected chi connectivity index (χ3v) is 4.26. The van der Waals surface area contributed by atoms with Crippen LogP contribution in [0.25, 0.3) is 0 Å². The Hall–Kier alpha value is -1.69. The molecule has 1 aliphatic rings. The normalized spacial score (nSPS) is 23.6. The molecule has 0 aromatic carbocycles. The maximum Gasteiger partial charge on any atom is 0.303 e. The quantitative estimate of drug-likeness (QED) is 0.752. The first kappa shape index (κ1) is 15.7. The van der Waals surface area contributed by atoms with E-state index in [1.54, 1.807) is 6.20 Å². The highest BCUT2D eigenvalue weighted by Gasteiger charge is 2.36. The average molecular weight is 292 g/mol. The molecule has 6 heteroatoms. The van der Waals surface area contributed by atoms with Crippen molar-refractivity contribution in [2.75, 3.05) is 19.6 Å². The summed E-state index contributed by atoms with van der Waals surface area (Å²) in [6.45, 7) is 6.97. The van der Waals surface area contributed by atoms with Crippen molar-refractivity contribution in [2.24, 2.45) is 5.92 Å². The highest BCUT2D eigenvalue weighted by atomic mass is 16.4. The van der Waals surface area contributed by atoms with Gasteiger partial charge >= 0.3 is 5.97 Å². The number of carboxylic acid groups (broad SMARTS) is 1. The Kier molecular flexibility index (Phi) is 5.50.